The summed E-state index contributed by atoms with van der Waals surface area (Å²) in [6.07, 6.45) is 1.39. The number of morpholine rings is 1. The summed E-state index contributed by atoms with van der Waals surface area (Å²) in [5.41, 5.74) is 1.38. The molecule has 2 aliphatic rings. The average molecular weight is 316 g/mol. The standard InChI is InChI=1S/C18H28N4O/c1-3-9-20-18(19-2)22-13-16-17(14-22)23-11-10-21(16)12-15-7-5-4-6-8-15/h4-8,16-17H,3,9-14H2,1-2H3,(H,19,20). The quantitative estimate of drug-likeness (QED) is 0.676. The molecular formula is C18H28N4O. The molecule has 5 heteroatoms. The van der Waals surface area contributed by atoms with Crippen LogP contribution in [0.3, 0.4) is 0 Å². The predicted molar refractivity (Wildman–Crippen MR) is 93.6 cm³/mol. The summed E-state index contributed by atoms with van der Waals surface area (Å²) in [5.74, 6) is 1.00. The molecule has 0 aliphatic carbocycles. The summed E-state index contributed by atoms with van der Waals surface area (Å²) >= 11 is 0. The molecule has 0 aromatic heterocycles. The first-order valence-electron chi connectivity index (χ1n) is 8.67. The lowest BCUT2D eigenvalue weighted by atomic mass is 10.1. The molecule has 5 nitrogen and oxygen atoms in total. The number of likely N-dealkylation sites (tertiary alicyclic amines) is 1. The zero-order valence-corrected chi connectivity index (χ0v) is 14.2. The highest BCUT2D eigenvalue weighted by Gasteiger charge is 2.40. The maximum Gasteiger partial charge on any atom is 0.193 e. The second-order valence-corrected chi connectivity index (χ2v) is 6.31. The first kappa shape index (κ1) is 16.3. The van der Waals surface area contributed by atoms with E-state index in [-0.39, 0.29) is 6.10 Å². The van der Waals surface area contributed by atoms with Crippen molar-refractivity contribution >= 4 is 5.96 Å². The highest BCUT2D eigenvalue weighted by Crippen LogP contribution is 2.24. The van der Waals surface area contributed by atoms with Crippen molar-refractivity contribution in [3.05, 3.63) is 35.9 Å². The topological polar surface area (TPSA) is 40.1 Å². The van der Waals surface area contributed by atoms with E-state index in [1.807, 2.05) is 7.05 Å². The van der Waals surface area contributed by atoms with E-state index >= 15 is 0 Å². The summed E-state index contributed by atoms with van der Waals surface area (Å²) in [4.78, 5) is 9.34. The van der Waals surface area contributed by atoms with Crippen molar-refractivity contribution in [1.29, 1.82) is 0 Å². The number of benzene rings is 1. The smallest absolute Gasteiger partial charge is 0.193 e. The molecule has 1 aromatic rings. The fraction of sp³-hybridized carbons (Fsp3) is 0.611. The van der Waals surface area contributed by atoms with Gasteiger partial charge >= 0.3 is 0 Å². The fourth-order valence-electron chi connectivity index (χ4n) is 3.51. The molecule has 0 amide bonds. The van der Waals surface area contributed by atoms with Crippen molar-refractivity contribution in [2.45, 2.75) is 32.0 Å². The number of aliphatic imine (C=N–C) groups is 1. The van der Waals surface area contributed by atoms with Gasteiger partial charge in [-0.1, -0.05) is 37.3 Å². The molecule has 126 valence electrons. The number of guanidine groups is 1. The largest absolute Gasteiger partial charge is 0.373 e. The molecule has 0 bridgehead atoms. The minimum Gasteiger partial charge on any atom is -0.373 e. The van der Waals surface area contributed by atoms with Crippen LogP contribution in [-0.4, -0.2) is 67.7 Å². The second-order valence-electron chi connectivity index (χ2n) is 6.31. The van der Waals surface area contributed by atoms with Crippen LogP contribution in [0, 0.1) is 0 Å². The SMILES string of the molecule is CCCNC(=NC)N1CC2OCCN(Cc3ccccc3)C2C1. The Morgan fingerprint density at radius 3 is 2.87 bits per heavy atom. The molecule has 2 aliphatic heterocycles. The van der Waals surface area contributed by atoms with E-state index in [1.54, 1.807) is 0 Å². The lowest BCUT2D eigenvalue weighted by Gasteiger charge is -2.36. The molecule has 23 heavy (non-hydrogen) atoms. The zero-order valence-electron chi connectivity index (χ0n) is 14.2. The minimum absolute atomic E-state index is 0.285. The Kier molecular flexibility index (Phi) is 5.51. The van der Waals surface area contributed by atoms with Crippen LogP contribution >= 0.6 is 0 Å². The Hall–Kier alpha value is -1.59. The normalized spacial score (nSPS) is 25.5. The van der Waals surface area contributed by atoms with Crippen molar-refractivity contribution in [2.75, 3.05) is 39.8 Å². The Morgan fingerprint density at radius 2 is 2.13 bits per heavy atom. The van der Waals surface area contributed by atoms with E-state index in [4.69, 9.17) is 4.74 Å². The molecule has 0 spiro atoms. The van der Waals surface area contributed by atoms with Gasteiger partial charge in [0, 0.05) is 39.8 Å². The number of hydrogen-bond acceptors (Lipinski definition) is 3. The molecule has 2 unspecified atom stereocenters. The lowest BCUT2D eigenvalue weighted by Crippen LogP contribution is -2.50. The van der Waals surface area contributed by atoms with Gasteiger partial charge in [-0.25, -0.2) is 0 Å². The van der Waals surface area contributed by atoms with Crippen LogP contribution in [0.4, 0.5) is 0 Å². The van der Waals surface area contributed by atoms with Crippen LogP contribution in [0.25, 0.3) is 0 Å². The number of nitrogens with zero attached hydrogens (tertiary/aromatic N) is 3. The van der Waals surface area contributed by atoms with E-state index in [0.29, 0.717) is 6.04 Å². The molecule has 2 saturated heterocycles. The van der Waals surface area contributed by atoms with Crippen molar-refractivity contribution < 1.29 is 4.74 Å². The second kappa shape index (κ2) is 7.79. The van der Waals surface area contributed by atoms with Crippen LogP contribution in [0.2, 0.25) is 0 Å². The van der Waals surface area contributed by atoms with Crippen LogP contribution in [-0.2, 0) is 11.3 Å². The molecular weight excluding hydrogens is 288 g/mol. The summed E-state index contributed by atoms with van der Waals surface area (Å²) in [6.45, 7) is 7.88. The predicted octanol–water partition coefficient (Wildman–Crippen LogP) is 1.56. The Labute approximate surface area is 139 Å². The number of hydrogen-bond donors (Lipinski definition) is 1. The van der Waals surface area contributed by atoms with Gasteiger partial charge in [-0.05, 0) is 12.0 Å². The van der Waals surface area contributed by atoms with Crippen molar-refractivity contribution in [2.24, 2.45) is 4.99 Å². The summed E-state index contributed by atoms with van der Waals surface area (Å²) in [6, 6.07) is 11.2. The number of nitrogens with one attached hydrogen (secondary N) is 1. The van der Waals surface area contributed by atoms with E-state index in [0.717, 1.165) is 51.7 Å². The van der Waals surface area contributed by atoms with Gasteiger partial charge in [0.25, 0.3) is 0 Å². The maximum atomic E-state index is 6.03. The average Bonchev–Trinajstić information content (AvgIpc) is 3.02. The molecule has 2 atom stereocenters. The third kappa shape index (κ3) is 3.85. The van der Waals surface area contributed by atoms with Gasteiger partial charge in [0.2, 0.25) is 0 Å². The lowest BCUT2D eigenvalue weighted by molar-refractivity contribution is -0.0502. The van der Waals surface area contributed by atoms with Gasteiger partial charge < -0.3 is 15.0 Å². The van der Waals surface area contributed by atoms with Gasteiger partial charge in [-0.15, -0.1) is 0 Å². The Bertz CT molecular complexity index is 519. The van der Waals surface area contributed by atoms with Gasteiger partial charge in [0.15, 0.2) is 5.96 Å². The Morgan fingerprint density at radius 1 is 1.30 bits per heavy atom. The molecule has 3 rings (SSSR count). The number of fused-ring (bicyclic) bond motifs is 1. The van der Waals surface area contributed by atoms with Crippen LogP contribution < -0.4 is 5.32 Å². The molecule has 0 radical (unpaired) electrons. The summed E-state index contributed by atoms with van der Waals surface area (Å²) in [7, 11) is 1.86. The summed E-state index contributed by atoms with van der Waals surface area (Å²) in [5, 5.41) is 3.44. The van der Waals surface area contributed by atoms with Gasteiger partial charge in [-0.3, -0.25) is 9.89 Å². The van der Waals surface area contributed by atoms with E-state index in [2.05, 4.69) is 57.4 Å². The van der Waals surface area contributed by atoms with E-state index < -0.39 is 0 Å². The third-order valence-electron chi connectivity index (χ3n) is 4.69. The third-order valence-corrected chi connectivity index (χ3v) is 4.69. The first-order chi connectivity index (χ1) is 11.3. The van der Waals surface area contributed by atoms with Crippen LogP contribution in [0.15, 0.2) is 35.3 Å². The maximum absolute atomic E-state index is 6.03. The molecule has 2 fully saturated rings. The van der Waals surface area contributed by atoms with E-state index in [1.165, 1.54) is 5.56 Å². The molecule has 1 N–H and O–H groups in total. The monoisotopic (exact) mass is 316 g/mol. The van der Waals surface area contributed by atoms with Crippen molar-refractivity contribution in [1.82, 2.24) is 15.1 Å². The molecule has 2 heterocycles. The van der Waals surface area contributed by atoms with E-state index in [9.17, 15) is 0 Å². The number of ether oxygens (including phenoxy) is 1. The van der Waals surface area contributed by atoms with Crippen LogP contribution in [0.5, 0.6) is 0 Å². The summed E-state index contributed by atoms with van der Waals surface area (Å²) < 4.78 is 6.03. The number of rotatable bonds is 4. The van der Waals surface area contributed by atoms with Crippen LogP contribution in [0.1, 0.15) is 18.9 Å². The Balaban J connectivity index is 1.65. The molecule has 1 aromatic carbocycles. The minimum atomic E-state index is 0.285. The first-order valence-corrected chi connectivity index (χ1v) is 8.67. The van der Waals surface area contributed by atoms with Gasteiger partial charge in [0.05, 0.1) is 18.8 Å². The van der Waals surface area contributed by atoms with Crippen molar-refractivity contribution in [3.63, 3.8) is 0 Å². The fourth-order valence-corrected chi connectivity index (χ4v) is 3.51. The van der Waals surface area contributed by atoms with Crippen molar-refractivity contribution in [3.8, 4) is 0 Å². The van der Waals surface area contributed by atoms with Gasteiger partial charge in [-0.2, -0.15) is 0 Å². The molecule has 0 saturated carbocycles. The highest BCUT2D eigenvalue weighted by molar-refractivity contribution is 5.80. The highest BCUT2D eigenvalue weighted by atomic mass is 16.5. The zero-order chi connectivity index (χ0) is 16.1. The van der Waals surface area contributed by atoms with Gasteiger partial charge in [0.1, 0.15) is 0 Å².